The largest absolute Gasteiger partial charge is 0.505 e. The van der Waals surface area contributed by atoms with Gasteiger partial charge in [-0.15, -0.1) is 0 Å². The quantitative estimate of drug-likeness (QED) is 0.854. The summed E-state index contributed by atoms with van der Waals surface area (Å²) in [6, 6.07) is 7.99. The van der Waals surface area contributed by atoms with Crippen LogP contribution in [0.15, 0.2) is 41.1 Å². The van der Waals surface area contributed by atoms with Crippen molar-refractivity contribution in [1.29, 1.82) is 0 Å². The molecule has 88 valence electrons. The second-order valence-corrected chi connectivity index (χ2v) is 4.32. The Morgan fingerprint density at radius 1 is 1.29 bits per heavy atom. The molecule has 0 aliphatic carbocycles. The molecule has 2 rings (SSSR count). The van der Waals surface area contributed by atoms with Crippen molar-refractivity contribution in [3.63, 3.8) is 0 Å². The lowest BCUT2D eigenvalue weighted by Gasteiger charge is -2.06. The van der Waals surface area contributed by atoms with Gasteiger partial charge in [-0.05, 0) is 45.8 Å². The molecule has 2 N–H and O–H groups in total. The van der Waals surface area contributed by atoms with Gasteiger partial charge >= 0.3 is 0 Å². The van der Waals surface area contributed by atoms with Crippen LogP contribution >= 0.6 is 15.9 Å². The Bertz CT molecular complexity index is 516. The molecule has 2 aromatic rings. The van der Waals surface area contributed by atoms with Crippen LogP contribution in [0.1, 0.15) is 5.56 Å². The Labute approximate surface area is 106 Å². The highest BCUT2D eigenvalue weighted by Crippen LogP contribution is 2.17. The van der Waals surface area contributed by atoms with Crippen LogP contribution in [0, 0.1) is 5.82 Å². The fourth-order valence-electron chi connectivity index (χ4n) is 1.34. The Hall–Kier alpha value is -1.62. The maximum absolute atomic E-state index is 13.1. The average molecular weight is 297 g/mol. The first-order valence-electron chi connectivity index (χ1n) is 4.98. The Morgan fingerprint density at radius 3 is 2.76 bits per heavy atom. The molecule has 0 saturated heterocycles. The molecule has 0 saturated carbocycles. The van der Waals surface area contributed by atoms with Gasteiger partial charge in [0, 0.05) is 6.54 Å². The van der Waals surface area contributed by atoms with E-state index in [0.29, 0.717) is 6.54 Å². The van der Waals surface area contributed by atoms with Crippen molar-refractivity contribution < 1.29 is 9.50 Å². The summed E-state index contributed by atoms with van der Waals surface area (Å²) in [5.41, 5.74) is 1.60. The monoisotopic (exact) mass is 296 g/mol. The maximum Gasteiger partial charge on any atom is 0.165 e. The number of pyridine rings is 1. The third-order valence-electron chi connectivity index (χ3n) is 2.24. The molecule has 1 aromatic heterocycles. The van der Waals surface area contributed by atoms with Crippen LogP contribution in [0.5, 0.6) is 5.75 Å². The third-order valence-corrected chi connectivity index (χ3v) is 2.71. The van der Waals surface area contributed by atoms with E-state index in [-0.39, 0.29) is 5.75 Å². The van der Waals surface area contributed by atoms with Crippen LogP contribution in [-0.4, -0.2) is 10.1 Å². The van der Waals surface area contributed by atoms with E-state index in [9.17, 15) is 4.39 Å². The van der Waals surface area contributed by atoms with Gasteiger partial charge in [0.15, 0.2) is 11.6 Å². The van der Waals surface area contributed by atoms with Crippen LogP contribution in [0.4, 0.5) is 10.1 Å². The second kappa shape index (κ2) is 5.14. The summed E-state index contributed by atoms with van der Waals surface area (Å²) >= 11 is 3.24. The molecule has 0 atom stereocenters. The van der Waals surface area contributed by atoms with Crippen molar-refractivity contribution >= 4 is 21.6 Å². The Balaban J connectivity index is 2.02. The standard InChI is InChI=1S/C12H10BrFN2O/c13-12-4-2-9(7-16-12)15-6-8-1-3-11(17)10(14)5-8/h1-5,7,15,17H,6H2. The fraction of sp³-hybridized carbons (Fsp3) is 0.0833. The number of nitrogens with zero attached hydrogens (tertiary/aromatic N) is 1. The molecule has 17 heavy (non-hydrogen) atoms. The topological polar surface area (TPSA) is 45.1 Å². The van der Waals surface area contributed by atoms with E-state index in [1.807, 2.05) is 12.1 Å². The summed E-state index contributed by atoms with van der Waals surface area (Å²) in [7, 11) is 0. The van der Waals surface area contributed by atoms with E-state index >= 15 is 0 Å². The van der Waals surface area contributed by atoms with Crippen LogP contribution in [-0.2, 0) is 6.54 Å². The first-order valence-corrected chi connectivity index (χ1v) is 5.77. The molecular weight excluding hydrogens is 287 g/mol. The number of benzene rings is 1. The first-order chi connectivity index (χ1) is 8.15. The van der Waals surface area contributed by atoms with Gasteiger partial charge in [-0.25, -0.2) is 9.37 Å². The van der Waals surface area contributed by atoms with Crippen LogP contribution < -0.4 is 5.32 Å². The van der Waals surface area contributed by atoms with Gasteiger partial charge in [0.05, 0.1) is 11.9 Å². The van der Waals surface area contributed by atoms with Crippen LogP contribution in [0.25, 0.3) is 0 Å². The molecule has 0 aliphatic rings. The van der Waals surface area contributed by atoms with Crippen molar-refractivity contribution in [2.24, 2.45) is 0 Å². The van der Waals surface area contributed by atoms with Crippen LogP contribution in [0.2, 0.25) is 0 Å². The zero-order valence-electron chi connectivity index (χ0n) is 8.82. The number of phenols is 1. The number of hydrogen-bond acceptors (Lipinski definition) is 3. The van der Waals surface area contributed by atoms with Gasteiger partial charge in [-0.1, -0.05) is 6.07 Å². The zero-order valence-corrected chi connectivity index (χ0v) is 10.4. The fourth-order valence-corrected chi connectivity index (χ4v) is 1.58. The van der Waals surface area contributed by atoms with E-state index in [2.05, 4.69) is 26.2 Å². The number of anilines is 1. The zero-order chi connectivity index (χ0) is 12.3. The highest BCUT2D eigenvalue weighted by Gasteiger charge is 2.01. The van der Waals surface area contributed by atoms with E-state index in [1.54, 1.807) is 12.3 Å². The number of halogens is 2. The van der Waals surface area contributed by atoms with Gasteiger partial charge in [0.1, 0.15) is 4.60 Å². The molecule has 5 heteroatoms. The number of rotatable bonds is 3. The number of aromatic hydroxyl groups is 1. The summed E-state index contributed by atoms with van der Waals surface area (Å²) in [5.74, 6) is -0.947. The molecule has 1 heterocycles. The molecule has 1 aromatic carbocycles. The highest BCUT2D eigenvalue weighted by molar-refractivity contribution is 9.10. The van der Waals surface area contributed by atoms with Gasteiger partial charge in [0.25, 0.3) is 0 Å². The summed E-state index contributed by atoms with van der Waals surface area (Å²) in [6.45, 7) is 0.473. The van der Waals surface area contributed by atoms with E-state index < -0.39 is 5.82 Å². The van der Waals surface area contributed by atoms with Gasteiger partial charge in [-0.3, -0.25) is 0 Å². The molecule has 0 spiro atoms. The minimum atomic E-state index is -0.613. The van der Waals surface area contributed by atoms with Gasteiger partial charge < -0.3 is 10.4 Å². The number of aromatic nitrogens is 1. The van der Waals surface area contributed by atoms with Crippen molar-refractivity contribution in [1.82, 2.24) is 4.98 Å². The minimum Gasteiger partial charge on any atom is -0.505 e. The third kappa shape index (κ3) is 3.17. The molecule has 0 fully saturated rings. The predicted molar refractivity (Wildman–Crippen MR) is 67.3 cm³/mol. The molecule has 0 amide bonds. The summed E-state index contributed by atoms with van der Waals surface area (Å²) < 4.78 is 13.8. The first kappa shape index (κ1) is 11.9. The molecule has 0 aliphatic heterocycles. The van der Waals surface area contributed by atoms with Gasteiger partial charge in [-0.2, -0.15) is 0 Å². The smallest absolute Gasteiger partial charge is 0.165 e. The SMILES string of the molecule is Oc1ccc(CNc2ccc(Br)nc2)cc1F. The summed E-state index contributed by atoms with van der Waals surface area (Å²) in [5, 5.41) is 12.2. The predicted octanol–water partition coefficient (Wildman–Crippen LogP) is 3.30. The highest BCUT2D eigenvalue weighted by atomic mass is 79.9. The lowest BCUT2D eigenvalue weighted by molar-refractivity contribution is 0.432. The lowest BCUT2D eigenvalue weighted by Crippen LogP contribution is -2.00. The van der Waals surface area contributed by atoms with Crippen LogP contribution in [0.3, 0.4) is 0 Å². The molecule has 0 unspecified atom stereocenters. The van der Waals surface area contributed by atoms with Crippen molar-refractivity contribution in [2.45, 2.75) is 6.54 Å². The summed E-state index contributed by atoms with van der Waals surface area (Å²) in [4.78, 5) is 4.06. The number of hydrogen-bond donors (Lipinski definition) is 2. The normalized spacial score (nSPS) is 10.2. The summed E-state index contributed by atoms with van der Waals surface area (Å²) in [6.07, 6.45) is 1.68. The van der Waals surface area contributed by atoms with E-state index in [1.165, 1.54) is 12.1 Å². The van der Waals surface area contributed by atoms with E-state index in [0.717, 1.165) is 15.9 Å². The van der Waals surface area contributed by atoms with Crippen molar-refractivity contribution in [2.75, 3.05) is 5.32 Å². The number of phenolic OH excluding ortho intramolecular Hbond substituents is 1. The van der Waals surface area contributed by atoms with Crippen molar-refractivity contribution in [3.8, 4) is 5.75 Å². The molecular formula is C12H10BrFN2O. The van der Waals surface area contributed by atoms with E-state index in [4.69, 9.17) is 5.11 Å². The molecule has 0 radical (unpaired) electrons. The minimum absolute atomic E-state index is 0.334. The lowest BCUT2D eigenvalue weighted by atomic mass is 10.2. The van der Waals surface area contributed by atoms with Gasteiger partial charge in [0.2, 0.25) is 0 Å². The Morgan fingerprint density at radius 2 is 2.12 bits per heavy atom. The number of nitrogens with one attached hydrogen (secondary N) is 1. The second-order valence-electron chi connectivity index (χ2n) is 3.51. The Kier molecular flexibility index (Phi) is 3.58. The maximum atomic E-state index is 13.1. The molecule has 0 bridgehead atoms. The average Bonchev–Trinajstić information content (AvgIpc) is 2.33. The molecule has 3 nitrogen and oxygen atoms in total. The van der Waals surface area contributed by atoms with Crippen molar-refractivity contribution in [3.05, 3.63) is 52.5 Å².